The van der Waals surface area contributed by atoms with Gasteiger partial charge in [-0.3, -0.25) is 0 Å². The Kier molecular flexibility index (Phi) is 2.60. The Labute approximate surface area is 98.1 Å². The van der Waals surface area contributed by atoms with Crippen LogP contribution < -0.4 is 5.32 Å². The predicted octanol–water partition coefficient (Wildman–Crippen LogP) is 2.38. The summed E-state index contributed by atoms with van der Waals surface area (Å²) in [5, 5.41) is 14.4. The first-order chi connectivity index (χ1) is 7.78. The van der Waals surface area contributed by atoms with Crippen LogP contribution in [0.1, 0.15) is 51.4 Å². The Morgan fingerprint density at radius 1 is 1.06 bits per heavy atom. The molecule has 2 spiro atoms. The van der Waals surface area contributed by atoms with Crippen LogP contribution in [-0.2, 0) is 0 Å². The van der Waals surface area contributed by atoms with E-state index in [2.05, 4.69) is 17.5 Å². The summed E-state index contributed by atoms with van der Waals surface area (Å²) >= 11 is 0. The van der Waals surface area contributed by atoms with Gasteiger partial charge in [0.05, 0.1) is 11.6 Å². The van der Waals surface area contributed by atoms with Crippen molar-refractivity contribution in [1.82, 2.24) is 5.32 Å². The van der Waals surface area contributed by atoms with E-state index in [1.165, 1.54) is 44.9 Å². The molecule has 2 heteroatoms. The second-order valence-corrected chi connectivity index (χ2v) is 6.01. The van der Waals surface area contributed by atoms with Crippen LogP contribution in [0.5, 0.6) is 0 Å². The fraction of sp³-hybridized carbons (Fsp3) is 0.857. The highest BCUT2D eigenvalue weighted by Gasteiger charge is 2.54. The minimum absolute atomic E-state index is 0.0738. The van der Waals surface area contributed by atoms with Crippen LogP contribution in [-0.4, -0.2) is 23.3 Å². The van der Waals surface area contributed by atoms with Crippen molar-refractivity contribution >= 4 is 0 Å². The van der Waals surface area contributed by atoms with Gasteiger partial charge >= 0.3 is 0 Å². The minimum atomic E-state index is -0.156. The van der Waals surface area contributed by atoms with Crippen LogP contribution in [0.3, 0.4) is 0 Å². The van der Waals surface area contributed by atoms with Crippen molar-refractivity contribution in [2.24, 2.45) is 5.41 Å². The smallest absolute Gasteiger partial charge is 0.0825 e. The maximum absolute atomic E-state index is 10.8. The highest BCUT2D eigenvalue weighted by Crippen LogP contribution is 2.48. The van der Waals surface area contributed by atoms with Gasteiger partial charge in [0.2, 0.25) is 0 Å². The molecule has 0 aromatic carbocycles. The molecular formula is C14H23NO. The second kappa shape index (κ2) is 3.85. The van der Waals surface area contributed by atoms with Gasteiger partial charge < -0.3 is 10.4 Å². The largest absolute Gasteiger partial charge is 0.390 e. The van der Waals surface area contributed by atoms with E-state index in [4.69, 9.17) is 0 Å². The summed E-state index contributed by atoms with van der Waals surface area (Å²) in [4.78, 5) is 0. The molecule has 2 fully saturated rings. The molecule has 0 aromatic rings. The van der Waals surface area contributed by atoms with Gasteiger partial charge in [-0.1, -0.05) is 31.4 Å². The van der Waals surface area contributed by atoms with Crippen molar-refractivity contribution in [3.63, 3.8) is 0 Å². The zero-order valence-electron chi connectivity index (χ0n) is 10.0. The fourth-order valence-corrected chi connectivity index (χ4v) is 4.05. The van der Waals surface area contributed by atoms with Crippen LogP contribution in [0, 0.1) is 5.41 Å². The van der Waals surface area contributed by atoms with Gasteiger partial charge in [0, 0.05) is 12.0 Å². The molecule has 0 bridgehead atoms. The molecule has 0 aromatic heterocycles. The number of hydrogen-bond donors (Lipinski definition) is 2. The maximum atomic E-state index is 10.8. The molecule has 2 N–H and O–H groups in total. The van der Waals surface area contributed by atoms with Gasteiger partial charge in [-0.2, -0.15) is 0 Å². The monoisotopic (exact) mass is 221 g/mol. The molecule has 1 saturated heterocycles. The minimum Gasteiger partial charge on any atom is -0.390 e. The summed E-state index contributed by atoms with van der Waals surface area (Å²) in [6.07, 6.45) is 14.3. The highest BCUT2D eigenvalue weighted by molar-refractivity contribution is 5.22. The third-order valence-electron chi connectivity index (χ3n) is 5.06. The number of nitrogens with one attached hydrogen (secondary N) is 1. The van der Waals surface area contributed by atoms with Crippen LogP contribution >= 0.6 is 0 Å². The average Bonchev–Trinajstić information content (AvgIpc) is 2.59. The topological polar surface area (TPSA) is 32.3 Å². The quantitative estimate of drug-likeness (QED) is 0.616. The molecular weight excluding hydrogens is 198 g/mol. The fourth-order valence-electron chi connectivity index (χ4n) is 4.05. The van der Waals surface area contributed by atoms with Gasteiger partial charge in [0.1, 0.15) is 0 Å². The average molecular weight is 221 g/mol. The Bertz CT molecular complexity index is 293. The zero-order chi connectivity index (χ0) is 11.1. The number of allylic oxidation sites excluding steroid dienone is 1. The Balaban J connectivity index is 1.85. The van der Waals surface area contributed by atoms with Crippen LogP contribution in [0.4, 0.5) is 0 Å². The van der Waals surface area contributed by atoms with E-state index in [0.717, 1.165) is 13.0 Å². The molecule has 2 nitrogen and oxygen atoms in total. The maximum Gasteiger partial charge on any atom is 0.0825 e. The van der Waals surface area contributed by atoms with Crippen molar-refractivity contribution in [2.75, 3.05) is 6.54 Å². The molecule has 2 atom stereocenters. The van der Waals surface area contributed by atoms with Gasteiger partial charge in [0.25, 0.3) is 0 Å². The molecule has 0 amide bonds. The molecule has 90 valence electrons. The van der Waals surface area contributed by atoms with Crippen molar-refractivity contribution in [2.45, 2.75) is 63.0 Å². The molecule has 2 aliphatic carbocycles. The van der Waals surface area contributed by atoms with E-state index >= 15 is 0 Å². The third kappa shape index (κ3) is 1.46. The summed E-state index contributed by atoms with van der Waals surface area (Å²) in [6.45, 7) is 1.03. The first-order valence-electron chi connectivity index (χ1n) is 6.88. The van der Waals surface area contributed by atoms with Crippen molar-refractivity contribution in [3.8, 4) is 0 Å². The lowest BCUT2D eigenvalue weighted by molar-refractivity contribution is 0.000767. The zero-order valence-corrected chi connectivity index (χ0v) is 10.0. The molecule has 1 heterocycles. The van der Waals surface area contributed by atoms with Crippen LogP contribution in [0.2, 0.25) is 0 Å². The first-order valence-corrected chi connectivity index (χ1v) is 6.88. The standard InChI is InChI=1S/C14H23NO/c16-12-13(7-3-1-4-8-13)11-15-14(12)9-5-2-6-10-14/h5,9,12,15-16H,1-4,6-8,10-11H2/t12-,14+/m0/s1. The van der Waals surface area contributed by atoms with Crippen LogP contribution in [0.15, 0.2) is 12.2 Å². The Morgan fingerprint density at radius 2 is 1.88 bits per heavy atom. The molecule has 1 saturated carbocycles. The molecule has 0 radical (unpaired) electrons. The van der Waals surface area contributed by atoms with Crippen molar-refractivity contribution in [1.29, 1.82) is 0 Å². The summed E-state index contributed by atoms with van der Waals surface area (Å²) < 4.78 is 0. The molecule has 16 heavy (non-hydrogen) atoms. The van der Waals surface area contributed by atoms with Gasteiger partial charge in [-0.15, -0.1) is 0 Å². The number of hydrogen-bond acceptors (Lipinski definition) is 2. The van der Waals surface area contributed by atoms with Gasteiger partial charge in [-0.05, 0) is 32.1 Å². The van der Waals surface area contributed by atoms with Gasteiger partial charge in [-0.25, -0.2) is 0 Å². The van der Waals surface area contributed by atoms with E-state index in [1.54, 1.807) is 0 Å². The SMILES string of the molecule is O[C@H]1C2(CCCCC2)CN[C@@]12C=CCCC2. The summed E-state index contributed by atoms with van der Waals surface area (Å²) in [5.74, 6) is 0. The number of aliphatic hydroxyl groups is 1. The van der Waals surface area contributed by atoms with Crippen molar-refractivity contribution in [3.05, 3.63) is 12.2 Å². The molecule has 0 unspecified atom stereocenters. The van der Waals surface area contributed by atoms with E-state index in [-0.39, 0.29) is 17.1 Å². The lowest BCUT2D eigenvalue weighted by Gasteiger charge is -2.40. The first kappa shape index (κ1) is 10.8. The normalized spacial score (nSPS) is 41.9. The third-order valence-corrected chi connectivity index (χ3v) is 5.06. The number of aliphatic hydroxyl groups excluding tert-OH is 1. The summed E-state index contributed by atoms with van der Waals surface area (Å²) in [6, 6.07) is 0. The summed E-state index contributed by atoms with van der Waals surface area (Å²) in [7, 11) is 0. The van der Waals surface area contributed by atoms with E-state index in [0.29, 0.717) is 0 Å². The van der Waals surface area contributed by atoms with Gasteiger partial charge in [0.15, 0.2) is 0 Å². The Morgan fingerprint density at radius 3 is 2.56 bits per heavy atom. The van der Waals surface area contributed by atoms with Crippen molar-refractivity contribution < 1.29 is 5.11 Å². The molecule has 1 aliphatic heterocycles. The van der Waals surface area contributed by atoms with Crippen LogP contribution in [0.25, 0.3) is 0 Å². The summed E-state index contributed by atoms with van der Waals surface area (Å²) in [5.41, 5.74) is 0.121. The Hall–Kier alpha value is -0.340. The lowest BCUT2D eigenvalue weighted by atomic mass is 9.67. The lowest BCUT2D eigenvalue weighted by Crippen LogP contribution is -2.49. The predicted molar refractivity (Wildman–Crippen MR) is 65.2 cm³/mol. The van der Waals surface area contributed by atoms with E-state index in [1.807, 2.05) is 0 Å². The molecule has 3 rings (SSSR count). The highest BCUT2D eigenvalue weighted by atomic mass is 16.3. The number of rotatable bonds is 0. The second-order valence-electron chi connectivity index (χ2n) is 6.01. The molecule has 3 aliphatic rings. The van der Waals surface area contributed by atoms with E-state index < -0.39 is 0 Å². The van der Waals surface area contributed by atoms with E-state index in [9.17, 15) is 5.11 Å².